The molecular weight excluding hydrogens is 590 g/mol. The largest absolute Gasteiger partial charge is 0.492 e. The van der Waals surface area contributed by atoms with Gasteiger partial charge in [0.2, 0.25) is 5.91 Å². The number of benzene rings is 3. The number of fused-ring (bicyclic) bond motifs is 1. The molecule has 1 aromatic heterocycles. The number of carbonyl (C=O) groups is 3. The van der Waals surface area contributed by atoms with Crippen molar-refractivity contribution in [2.45, 2.75) is 6.54 Å². The maximum absolute atomic E-state index is 13.1. The lowest BCUT2D eigenvalue weighted by molar-refractivity contribution is -0.127. The molecule has 1 N–H and O–H groups in total. The van der Waals surface area contributed by atoms with Crippen LogP contribution in [0.15, 0.2) is 88.4 Å². The smallest absolute Gasteiger partial charge is 0.294 e. The Morgan fingerprint density at radius 2 is 1.82 bits per heavy atom. The van der Waals surface area contributed by atoms with Gasteiger partial charge in [0.05, 0.1) is 16.5 Å². The van der Waals surface area contributed by atoms with Crippen molar-refractivity contribution in [2.75, 3.05) is 18.5 Å². The van der Waals surface area contributed by atoms with Crippen LogP contribution in [0.2, 0.25) is 5.02 Å². The van der Waals surface area contributed by atoms with E-state index in [4.69, 9.17) is 16.3 Å². The summed E-state index contributed by atoms with van der Waals surface area (Å²) >= 11 is 10.2. The van der Waals surface area contributed by atoms with Gasteiger partial charge >= 0.3 is 0 Å². The van der Waals surface area contributed by atoms with Crippen molar-refractivity contribution in [2.24, 2.45) is 0 Å². The van der Waals surface area contributed by atoms with Crippen LogP contribution in [0.3, 0.4) is 0 Å². The highest BCUT2D eigenvalue weighted by Crippen LogP contribution is 2.34. The summed E-state index contributed by atoms with van der Waals surface area (Å²) < 4.78 is 8.60. The Hall–Kier alpha value is -3.53. The van der Waals surface area contributed by atoms with Gasteiger partial charge in [-0.1, -0.05) is 48.0 Å². The number of ether oxygens (including phenoxy) is 1. The number of carbonyl (C=O) groups excluding carboxylic acids is 3. The molecule has 0 aliphatic carbocycles. The number of thioether (sulfide) groups is 1. The first-order valence-corrected chi connectivity index (χ1v) is 13.6. The van der Waals surface area contributed by atoms with Crippen LogP contribution in [-0.2, 0) is 16.1 Å². The van der Waals surface area contributed by atoms with E-state index in [9.17, 15) is 14.4 Å². The molecule has 0 atom stereocenters. The zero-order valence-electron chi connectivity index (χ0n) is 19.9. The number of hydrogen-bond acceptors (Lipinski definition) is 5. The van der Waals surface area contributed by atoms with E-state index in [1.807, 2.05) is 60.8 Å². The molecule has 0 saturated carbocycles. The molecule has 0 bridgehead atoms. The molecule has 1 fully saturated rings. The van der Waals surface area contributed by atoms with Gasteiger partial charge in [0, 0.05) is 32.8 Å². The van der Waals surface area contributed by atoms with E-state index >= 15 is 0 Å². The van der Waals surface area contributed by atoms with Gasteiger partial charge in [-0.25, -0.2) is 0 Å². The van der Waals surface area contributed by atoms with Gasteiger partial charge in [0.25, 0.3) is 11.1 Å². The predicted octanol–water partition coefficient (Wildman–Crippen LogP) is 6.81. The van der Waals surface area contributed by atoms with Crippen molar-refractivity contribution in [3.63, 3.8) is 0 Å². The lowest BCUT2D eigenvalue weighted by Gasteiger charge is -2.12. The van der Waals surface area contributed by atoms with Crippen LogP contribution in [0.5, 0.6) is 5.75 Å². The second-order valence-electron chi connectivity index (χ2n) is 8.40. The number of nitrogens with zero attached hydrogens (tertiary/aromatic N) is 2. The fourth-order valence-corrected chi connectivity index (χ4v) is 5.31. The van der Waals surface area contributed by atoms with Crippen molar-refractivity contribution < 1.29 is 19.1 Å². The molecule has 192 valence electrons. The van der Waals surface area contributed by atoms with Gasteiger partial charge < -0.3 is 14.6 Å². The molecule has 0 spiro atoms. The second kappa shape index (κ2) is 11.5. The first-order valence-electron chi connectivity index (χ1n) is 11.6. The van der Waals surface area contributed by atoms with Crippen molar-refractivity contribution >= 4 is 79.0 Å². The Bertz CT molecular complexity index is 1570. The van der Waals surface area contributed by atoms with Crippen LogP contribution >= 0.6 is 39.3 Å². The Balaban J connectivity index is 1.30. The molecule has 1 aliphatic heterocycles. The fourth-order valence-electron chi connectivity index (χ4n) is 4.05. The minimum absolute atomic E-state index is 0.262. The first kappa shape index (κ1) is 26.1. The number of halogens is 2. The van der Waals surface area contributed by atoms with Gasteiger partial charge in [0.15, 0.2) is 0 Å². The minimum atomic E-state index is -0.506. The minimum Gasteiger partial charge on any atom is -0.492 e. The van der Waals surface area contributed by atoms with Crippen molar-refractivity contribution in [3.8, 4) is 5.75 Å². The molecule has 1 saturated heterocycles. The number of para-hydroxylation sites is 2. The summed E-state index contributed by atoms with van der Waals surface area (Å²) in [5.74, 6) is -0.208. The van der Waals surface area contributed by atoms with E-state index in [1.165, 1.54) is 0 Å². The molecule has 0 radical (unpaired) electrons. The SMILES string of the molecule is O=C(CN1C(=O)S/C(=C\c2cn(CCOc3ccccc3)c3ccccc23)C1=O)Nc1ccc(Br)c(Cl)c1. The Morgan fingerprint density at radius 1 is 1.05 bits per heavy atom. The number of amides is 3. The van der Waals surface area contributed by atoms with E-state index in [0.29, 0.717) is 28.3 Å². The number of imide groups is 1. The Kier molecular flexibility index (Phi) is 7.87. The number of anilines is 1. The molecule has 1 aliphatic rings. The summed E-state index contributed by atoms with van der Waals surface area (Å²) in [6.07, 6.45) is 3.64. The number of hydrogen-bond donors (Lipinski definition) is 1. The third-order valence-corrected chi connectivity index (χ3v) is 7.97. The lowest BCUT2D eigenvalue weighted by Crippen LogP contribution is -2.36. The maximum Gasteiger partial charge on any atom is 0.294 e. The highest BCUT2D eigenvalue weighted by molar-refractivity contribution is 9.10. The van der Waals surface area contributed by atoms with E-state index < -0.39 is 23.6 Å². The zero-order chi connectivity index (χ0) is 26.6. The van der Waals surface area contributed by atoms with Gasteiger partial charge in [-0.2, -0.15) is 0 Å². The van der Waals surface area contributed by atoms with Crippen LogP contribution < -0.4 is 10.1 Å². The summed E-state index contributed by atoms with van der Waals surface area (Å²) in [5.41, 5.74) is 2.26. The van der Waals surface area contributed by atoms with Crippen molar-refractivity contribution in [1.82, 2.24) is 9.47 Å². The number of aromatic nitrogens is 1. The Labute approximate surface area is 236 Å². The molecule has 7 nitrogen and oxygen atoms in total. The van der Waals surface area contributed by atoms with Crippen molar-refractivity contribution in [3.05, 3.63) is 99.0 Å². The van der Waals surface area contributed by atoms with E-state index in [2.05, 4.69) is 25.8 Å². The molecule has 5 rings (SSSR count). The number of rotatable bonds is 8. The summed E-state index contributed by atoms with van der Waals surface area (Å²) in [5, 5.41) is 3.55. The predicted molar refractivity (Wildman–Crippen MR) is 154 cm³/mol. The Morgan fingerprint density at radius 3 is 2.61 bits per heavy atom. The zero-order valence-corrected chi connectivity index (χ0v) is 23.1. The summed E-state index contributed by atoms with van der Waals surface area (Å²) in [4.78, 5) is 39.4. The van der Waals surface area contributed by atoms with Gasteiger partial charge in [0.1, 0.15) is 18.9 Å². The molecule has 2 heterocycles. The van der Waals surface area contributed by atoms with E-state index in [0.717, 1.165) is 38.9 Å². The van der Waals surface area contributed by atoms with E-state index in [1.54, 1.807) is 24.3 Å². The first-order chi connectivity index (χ1) is 18.4. The van der Waals surface area contributed by atoms with Crippen molar-refractivity contribution in [1.29, 1.82) is 0 Å². The van der Waals surface area contributed by atoms with Crippen LogP contribution in [0.25, 0.3) is 17.0 Å². The third-order valence-electron chi connectivity index (χ3n) is 5.83. The molecule has 38 heavy (non-hydrogen) atoms. The normalized spacial score (nSPS) is 14.5. The van der Waals surface area contributed by atoms with Crippen LogP contribution in [0.4, 0.5) is 10.5 Å². The standard InChI is InChI=1S/C28H21BrClN3O4S/c29-22-11-10-19(15-23(22)30)31-26(34)17-33-27(35)25(38-28(33)36)14-18-16-32(24-9-5-4-8-21(18)24)12-13-37-20-6-2-1-3-7-20/h1-11,14-16H,12-13,17H2,(H,31,34)/b25-14-. The molecule has 4 aromatic rings. The third kappa shape index (κ3) is 5.80. The monoisotopic (exact) mass is 609 g/mol. The van der Waals surface area contributed by atoms with Crippen LogP contribution in [-0.4, -0.2) is 39.7 Å². The molecule has 3 aromatic carbocycles. The topological polar surface area (TPSA) is 80.6 Å². The maximum atomic E-state index is 13.1. The number of nitrogens with one attached hydrogen (secondary N) is 1. The lowest BCUT2D eigenvalue weighted by atomic mass is 10.1. The van der Waals surface area contributed by atoms with E-state index in [-0.39, 0.29) is 4.91 Å². The summed E-state index contributed by atoms with van der Waals surface area (Å²) in [6.45, 7) is 0.677. The summed E-state index contributed by atoms with van der Waals surface area (Å²) in [6, 6.07) is 22.4. The molecule has 10 heteroatoms. The highest BCUT2D eigenvalue weighted by atomic mass is 79.9. The second-order valence-corrected chi connectivity index (χ2v) is 10.7. The van der Waals surface area contributed by atoms with Gasteiger partial charge in [-0.15, -0.1) is 0 Å². The molecule has 0 unspecified atom stereocenters. The average molecular weight is 611 g/mol. The van der Waals surface area contributed by atoms with Crippen LogP contribution in [0.1, 0.15) is 5.56 Å². The highest BCUT2D eigenvalue weighted by Gasteiger charge is 2.36. The summed E-state index contributed by atoms with van der Waals surface area (Å²) in [7, 11) is 0. The quantitative estimate of drug-likeness (QED) is 0.222. The molecule has 3 amide bonds. The fraction of sp³-hybridized carbons (Fsp3) is 0.107. The van der Waals surface area contributed by atoms with Crippen LogP contribution in [0, 0.1) is 0 Å². The molecular formula is C28H21BrClN3O4S. The van der Waals surface area contributed by atoms with Gasteiger partial charge in [-0.05, 0) is 70.2 Å². The average Bonchev–Trinajstić information content (AvgIpc) is 3.39. The van der Waals surface area contributed by atoms with Gasteiger partial charge in [-0.3, -0.25) is 19.3 Å².